The second-order valence-corrected chi connectivity index (χ2v) is 6.78. The van der Waals surface area contributed by atoms with E-state index in [4.69, 9.17) is 5.73 Å². The lowest BCUT2D eigenvalue weighted by atomic mass is 10.0. The highest BCUT2D eigenvalue weighted by Gasteiger charge is 2.17. The van der Waals surface area contributed by atoms with Crippen LogP contribution < -0.4 is 11.1 Å². The molecule has 0 aliphatic rings. The number of rotatable bonds is 7. The number of anilines is 1. The number of aromatic nitrogens is 4. The first-order valence-electron chi connectivity index (χ1n) is 9.01. The van der Waals surface area contributed by atoms with Gasteiger partial charge in [0.25, 0.3) is 0 Å². The Balaban J connectivity index is 0.00000280. The summed E-state index contributed by atoms with van der Waals surface area (Å²) < 4.78 is 0. The number of nitrogens with two attached hydrogens (primary N) is 1. The number of aryl methyl sites for hydroxylation is 2. The number of halogens is 1. The fraction of sp³-hybridized carbons (Fsp3) is 0.300. The lowest BCUT2D eigenvalue weighted by molar-refractivity contribution is -0.118. The molecular weight excluding hydrogens is 376 g/mol. The van der Waals surface area contributed by atoms with Gasteiger partial charge in [-0.2, -0.15) is 4.80 Å². The van der Waals surface area contributed by atoms with Crippen LogP contribution in [0.3, 0.4) is 0 Å². The lowest BCUT2D eigenvalue weighted by Crippen LogP contribution is -2.39. The highest BCUT2D eigenvalue weighted by Crippen LogP contribution is 2.14. The van der Waals surface area contributed by atoms with Crippen molar-refractivity contribution in [2.45, 2.75) is 32.9 Å². The molecule has 0 aliphatic heterocycles. The summed E-state index contributed by atoms with van der Waals surface area (Å²) in [7, 11) is 0. The van der Waals surface area contributed by atoms with Crippen molar-refractivity contribution in [1.29, 1.82) is 0 Å². The first-order chi connectivity index (χ1) is 13.0. The van der Waals surface area contributed by atoms with Gasteiger partial charge in [-0.05, 0) is 35.2 Å². The van der Waals surface area contributed by atoms with Gasteiger partial charge >= 0.3 is 0 Å². The minimum absolute atomic E-state index is 0. The molecule has 3 rings (SSSR count). The standard InChI is InChI=1S/C20H24N6O.ClH/c1-14(2)18(21)20(27)22-17-10-8-15(9-11-17)12-13-26-24-19(23-25-26)16-6-4-3-5-7-16;/h3-11,14,18H,12-13,21H2,1-2H3,(H,22,27);1H/t18-;/m0./s1. The first kappa shape index (κ1) is 21.5. The highest BCUT2D eigenvalue weighted by atomic mass is 35.5. The minimum atomic E-state index is -0.512. The Morgan fingerprint density at radius 2 is 1.79 bits per heavy atom. The van der Waals surface area contributed by atoms with Gasteiger partial charge in [-0.25, -0.2) is 0 Å². The number of nitrogens with zero attached hydrogens (tertiary/aromatic N) is 4. The maximum absolute atomic E-state index is 12.0. The topological polar surface area (TPSA) is 98.7 Å². The van der Waals surface area contributed by atoms with Crippen LogP contribution in [-0.2, 0) is 17.8 Å². The van der Waals surface area contributed by atoms with Gasteiger partial charge in [-0.15, -0.1) is 22.6 Å². The molecule has 1 aromatic heterocycles. The van der Waals surface area contributed by atoms with Crippen molar-refractivity contribution >= 4 is 24.0 Å². The average Bonchev–Trinajstić information content (AvgIpc) is 3.16. The number of amides is 1. The Morgan fingerprint density at radius 3 is 2.43 bits per heavy atom. The summed E-state index contributed by atoms with van der Waals surface area (Å²) in [5.74, 6) is 0.549. The molecule has 0 unspecified atom stereocenters. The third kappa shape index (κ3) is 5.61. The fourth-order valence-corrected chi connectivity index (χ4v) is 2.55. The number of carbonyl (C=O) groups excluding carboxylic acids is 1. The number of tetrazole rings is 1. The number of hydrogen-bond donors (Lipinski definition) is 2. The monoisotopic (exact) mass is 400 g/mol. The summed E-state index contributed by atoms with van der Waals surface area (Å²) in [6.45, 7) is 4.48. The molecule has 7 nitrogen and oxygen atoms in total. The molecule has 3 N–H and O–H groups in total. The van der Waals surface area contributed by atoms with E-state index in [1.165, 1.54) is 0 Å². The number of hydrogen-bond acceptors (Lipinski definition) is 5. The summed E-state index contributed by atoms with van der Waals surface area (Å²) in [6, 6.07) is 17.0. The van der Waals surface area contributed by atoms with E-state index in [-0.39, 0.29) is 24.2 Å². The van der Waals surface area contributed by atoms with Gasteiger partial charge in [0.1, 0.15) is 0 Å². The van der Waals surface area contributed by atoms with E-state index in [1.807, 2.05) is 68.4 Å². The van der Waals surface area contributed by atoms with Crippen LogP contribution in [0.4, 0.5) is 5.69 Å². The average molecular weight is 401 g/mol. The normalized spacial score (nSPS) is 11.7. The van der Waals surface area contributed by atoms with E-state index in [2.05, 4.69) is 20.7 Å². The van der Waals surface area contributed by atoms with Gasteiger partial charge in [0.2, 0.25) is 11.7 Å². The molecule has 0 fully saturated rings. The van der Waals surface area contributed by atoms with E-state index in [0.717, 1.165) is 23.2 Å². The van der Waals surface area contributed by atoms with Crippen molar-refractivity contribution in [3.63, 3.8) is 0 Å². The molecule has 0 saturated carbocycles. The molecule has 3 aromatic rings. The van der Waals surface area contributed by atoms with Gasteiger partial charge in [-0.1, -0.05) is 56.3 Å². The Morgan fingerprint density at radius 1 is 1.11 bits per heavy atom. The van der Waals surface area contributed by atoms with Crippen LogP contribution in [0.1, 0.15) is 19.4 Å². The third-order valence-electron chi connectivity index (χ3n) is 4.33. The van der Waals surface area contributed by atoms with Gasteiger partial charge in [-0.3, -0.25) is 4.79 Å². The molecule has 0 saturated heterocycles. The minimum Gasteiger partial charge on any atom is -0.325 e. The second-order valence-electron chi connectivity index (χ2n) is 6.78. The van der Waals surface area contributed by atoms with Gasteiger partial charge in [0.05, 0.1) is 12.6 Å². The summed E-state index contributed by atoms with van der Waals surface area (Å²) in [5, 5.41) is 15.5. The zero-order valence-electron chi connectivity index (χ0n) is 15.9. The SMILES string of the molecule is CC(C)[C@H](N)C(=O)Nc1ccc(CCn2nnc(-c3ccccc3)n2)cc1.Cl. The van der Waals surface area contributed by atoms with Crippen LogP contribution in [0, 0.1) is 5.92 Å². The maximum Gasteiger partial charge on any atom is 0.241 e. The highest BCUT2D eigenvalue weighted by molar-refractivity contribution is 5.94. The molecule has 0 aliphatic carbocycles. The lowest BCUT2D eigenvalue weighted by Gasteiger charge is -2.15. The third-order valence-corrected chi connectivity index (χ3v) is 4.33. The van der Waals surface area contributed by atoms with Crippen LogP contribution in [0.15, 0.2) is 54.6 Å². The molecule has 8 heteroatoms. The van der Waals surface area contributed by atoms with Crippen LogP contribution in [0.5, 0.6) is 0 Å². The van der Waals surface area contributed by atoms with Gasteiger partial charge < -0.3 is 11.1 Å². The van der Waals surface area contributed by atoms with E-state index in [9.17, 15) is 4.79 Å². The van der Waals surface area contributed by atoms with E-state index in [1.54, 1.807) is 4.80 Å². The predicted molar refractivity (Wildman–Crippen MR) is 112 cm³/mol. The molecule has 148 valence electrons. The molecule has 1 heterocycles. The molecule has 28 heavy (non-hydrogen) atoms. The second kappa shape index (κ2) is 9.96. The zero-order valence-corrected chi connectivity index (χ0v) is 16.8. The number of nitrogens with one attached hydrogen (secondary N) is 1. The zero-order chi connectivity index (χ0) is 19.2. The smallest absolute Gasteiger partial charge is 0.241 e. The Kier molecular flexibility index (Phi) is 7.66. The van der Waals surface area contributed by atoms with Gasteiger partial charge in [0.15, 0.2) is 0 Å². The summed E-state index contributed by atoms with van der Waals surface area (Å²) in [6.07, 6.45) is 0.768. The van der Waals surface area contributed by atoms with Crippen LogP contribution >= 0.6 is 12.4 Å². The quantitative estimate of drug-likeness (QED) is 0.635. The van der Waals surface area contributed by atoms with Crippen LogP contribution in [0.2, 0.25) is 0 Å². The van der Waals surface area contributed by atoms with Crippen molar-refractivity contribution in [3.8, 4) is 11.4 Å². The van der Waals surface area contributed by atoms with Crippen LogP contribution in [0.25, 0.3) is 11.4 Å². The fourth-order valence-electron chi connectivity index (χ4n) is 2.55. The van der Waals surface area contributed by atoms with Crippen molar-refractivity contribution in [2.75, 3.05) is 5.32 Å². The van der Waals surface area contributed by atoms with Crippen molar-refractivity contribution in [3.05, 3.63) is 60.2 Å². The van der Waals surface area contributed by atoms with Crippen LogP contribution in [-0.4, -0.2) is 32.2 Å². The molecule has 0 bridgehead atoms. The van der Waals surface area contributed by atoms with Crippen molar-refractivity contribution in [2.24, 2.45) is 11.7 Å². The first-order valence-corrected chi connectivity index (χ1v) is 9.01. The summed E-state index contributed by atoms with van der Waals surface area (Å²) in [4.78, 5) is 13.6. The maximum atomic E-state index is 12.0. The van der Waals surface area contributed by atoms with E-state index < -0.39 is 6.04 Å². The molecular formula is C20H25ClN6O. The summed E-state index contributed by atoms with van der Waals surface area (Å²) >= 11 is 0. The van der Waals surface area contributed by atoms with E-state index >= 15 is 0 Å². The Bertz CT molecular complexity index is 879. The largest absolute Gasteiger partial charge is 0.325 e. The Hall–Kier alpha value is -2.77. The molecule has 0 radical (unpaired) electrons. The van der Waals surface area contributed by atoms with Crippen molar-refractivity contribution in [1.82, 2.24) is 20.2 Å². The van der Waals surface area contributed by atoms with Crippen molar-refractivity contribution < 1.29 is 4.79 Å². The molecule has 2 aromatic carbocycles. The summed E-state index contributed by atoms with van der Waals surface area (Å²) in [5.41, 5.74) is 8.67. The molecule has 0 spiro atoms. The molecule has 1 amide bonds. The predicted octanol–water partition coefficient (Wildman–Crippen LogP) is 2.93. The number of carbonyl (C=O) groups is 1. The Labute approximate surface area is 170 Å². The van der Waals surface area contributed by atoms with E-state index in [0.29, 0.717) is 12.4 Å². The molecule has 1 atom stereocenters. The number of benzene rings is 2. The van der Waals surface area contributed by atoms with Gasteiger partial charge in [0, 0.05) is 11.3 Å².